The number of nitrogens with zero attached hydrogens (tertiary/aromatic N) is 4. The average Bonchev–Trinajstić information content (AvgIpc) is 3.35. The van der Waals surface area contributed by atoms with Crippen LogP contribution >= 0.6 is 0 Å². The van der Waals surface area contributed by atoms with Gasteiger partial charge in [-0.2, -0.15) is 10.2 Å². The molecule has 0 saturated heterocycles. The normalized spacial score (nSPS) is 18.5. The second kappa shape index (κ2) is 20.3. The molecule has 364 valence electrons. The fraction of sp³-hybridized carbons (Fsp3) is 0.407. The molecular formula is C59H70N8O3. The minimum Gasteiger partial charge on any atom is -0.494 e. The summed E-state index contributed by atoms with van der Waals surface area (Å²) in [5, 5.41) is 39.1. The number of carbonyl (C=O) groups excluding carboxylic acids is 1. The third-order valence-corrected chi connectivity index (χ3v) is 15.2. The Morgan fingerprint density at radius 2 is 0.971 bits per heavy atom. The van der Waals surface area contributed by atoms with Gasteiger partial charge in [0.15, 0.2) is 0 Å². The van der Waals surface area contributed by atoms with Gasteiger partial charge in [0.25, 0.3) is 0 Å². The number of hydrogen-bond acceptors (Lipinski definition) is 11. The minimum atomic E-state index is -0.293. The number of unbranched alkanes of at least 4 members (excludes halogenated alkanes) is 7. The Kier molecular flexibility index (Phi) is 14.0. The summed E-state index contributed by atoms with van der Waals surface area (Å²) >= 11 is 0. The lowest BCUT2D eigenvalue weighted by molar-refractivity contribution is -0.139. The van der Waals surface area contributed by atoms with Crippen LogP contribution in [0.15, 0.2) is 142 Å². The smallest absolute Gasteiger partial charge is 0.333 e. The molecule has 0 unspecified atom stereocenters. The predicted molar refractivity (Wildman–Crippen MR) is 288 cm³/mol. The number of benzene rings is 6. The van der Waals surface area contributed by atoms with Crippen molar-refractivity contribution in [2.24, 2.45) is 25.9 Å². The van der Waals surface area contributed by atoms with Gasteiger partial charge in [-0.05, 0) is 135 Å². The average molecular weight is 939 g/mol. The van der Waals surface area contributed by atoms with E-state index < -0.39 is 0 Å². The molecule has 0 amide bonds. The summed E-state index contributed by atoms with van der Waals surface area (Å²) in [4.78, 5) is 11.4. The lowest BCUT2D eigenvalue weighted by atomic mass is 9.65. The van der Waals surface area contributed by atoms with E-state index >= 15 is 0 Å². The largest absolute Gasteiger partial charge is 0.494 e. The van der Waals surface area contributed by atoms with Gasteiger partial charge in [-0.3, -0.25) is 0 Å². The van der Waals surface area contributed by atoms with Crippen LogP contribution in [-0.2, 0) is 14.9 Å². The number of anilines is 4. The number of azo groups is 2. The van der Waals surface area contributed by atoms with Crippen molar-refractivity contribution in [2.45, 2.75) is 135 Å². The minimum absolute atomic E-state index is 0.0301. The Labute approximate surface area is 414 Å². The first-order chi connectivity index (χ1) is 33.7. The number of nitrogens with one attached hydrogen (secondary N) is 4. The first kappa shape index (κ1) is 48.3. The fourth-order valence-corrected chi connectivity index (χ4v) is 10.0. The molecule has 6 aromatic carbocycles. The molecule has 70 heavy (non-hydrogen) atoms. The maximum atomic E-state index is 11.4. The fourth-order valence-electron chi connectivity index (χ4n) is 10.0. The van der Waals surface area contributed by atoms with Crippen molar-refractivity contribution in [1.82, 2.24) is 0 Å². The molecule has 6 aromatic rings. The molecule has 0 aromatic heterocycles. The van der Waals surface area contributed by atoms with Gasteiger partial charge in [-0.1, -0.05) is 116 Å². The molecule has 3 aliphatic rings. The highest BCUT2D eigenvalue weighted by atomic mass is 16.5. The molecule has 11 nitrogen and oxygen atoms in total. The molecule has 0 bridgehead atoms. The summed E-state index contributed by atoms with van der Waals surface area (Å²) in [7, 11) is 0. The van der Waals surface area contributed by atoms with Crippen LogP contribution in [0.25, 0.3) is 21.5 Å². The van der Waals surface area contributed by atoms with Gasteiger partial charge < -0.3 is 30.7 Å². The predicted octanol–water partition coefficient (Wildman–Crippen LogP) is 17.1. The van der Waals surface area contributed by atoms with E-state index in [1.807, 2.05) is 24.3 Å². The Balaban J connectivity index is 0.764. The summed E-state index contributed by atoms with van der Waals surface area (Å²) in [6.45, 7) is 17.9. The lowest BCUT2D eigenvalue weighted by Crippen LogP contribution is -2.59. The molecule has 0 radical (unpaired) electrons. The zero-order chi connectivity index (χ0) is 48.9. The van der Waals surface area contributed by atoms with Crippen molar-refractivity contribution in [3.8, 4) is 5.75 Å². The van der Waals surface area contributed by atoms with Gasteiger partial charge in [-0.25, -0.2) is 4.79 Å². The van der Waals surface area contributed by atoms with Gasteiger partial charge in [-0.15, -0.1) is 10.2 Å². The van der Waals surface area contributed by atoms with Crippen LogP contribution in [0.1, 0.15) is 124 Å². The quantitative estimate of drug-likeness (QED) is 0.0292. The summed E-state index contributed by atoms with van der Waals surface area (Å²) in [6.07, 6.45) is 12.6. The molecule has 2 aliphatic heterocycles. The molecular weight excluding hydrogens is 869 g/mol. The van der Waals surface area contributed by atoms with Crippen LogP contribution < -0.4 is 26.0 Å². The Hall–Kier alpha value is -6.75. The van der Waals surface area contributed by atoms with E-state index in [9.17, 15) is 4.79 Å². The van der Waals surface area contributed by atoms with Crippen LogP contribution in [0.2, 0.25) is 0 Å². The van der Waals surface area contributed by atoms with Crippen LogP contribution in [0.4, 0.5) is 45.5 Å². The van der Waals surface area contributed by atoms with E-state index in [4.69, 9.17) is 19.7 Å². The summed E-state index contributed by atoms with van der Waals surface area (Å²) in [5.41, 5.74) is 9.13. The number of ether oxygens (including phenoxy) is 2. The molecule has 2 spiro atoms. The Morgan fingerprint density at radius 3 is 1.43 bits per heavy atom. The van der Waals surface area contributed by atoms with Gasteiger partial charge >= 0.3 is 5.97 Å². The molecule has 9 rings (SSSR count). The Morgan fingerprint density at radius 1 is 0.543 bits per heavy atom. The maximum Gasteiger partial charge on any atom is 0.333 e. The highest BCUT2D eigenvalue weighted by molar-refractivity contribution is 6.11. The van der Waals surface area contributed by atoms with E-state index in [0.717, 1.165) is 124 Å². The van der Waals surface area contributed by atoms with Crippen molar-refractivity contribution in [1.29, 1.82) is 0 Å². The number of esters is 1. The topological polar surface area (TPSA) is 133 Å². The standard InChI is InChI=1S/C59H70N8O3/c1-40(2)55(68)70-39-15-13-11-9-8-10-12-14-38-69-44-28-26-43(27-29-44)65-67-48-31-33-52-54-46(48)19-17-21-50(54)61-59(63-52)36-34-58(35-37-59)60-49-20-16-18-45-47(30-32-51(62-58)53(45)49)66-64-42-24-22-41(23-25-42)57(6,7)56(3,4)5/h16-33,60-63H,1,8-15,34-39H2,2-7H3. The third-order valence-electron chi connectivity index (χ3n) is 15.2. The van der Waals surface area contributed by atoms with Gasteiger partial charge in [0.05, 0.1) is 36.0 Å². The van der Waals surface area contributed by atoms with Gasteiger partial charge in [0.1, 0.15) is 17.1 Å². The van der Waals surface area contributed by atoms with Crippen molar-refractivity contribution >= 4 is 73.0 Å². The van der Waals surface area contributed by atoms with Gasteiger partial charge in [0, 0.05) is 49.9 Å². The van der Waals surface area contributed by atoms with E-state index in [2.05, 4.69) is 158 Å². The zero-order valence-electron chi connectivity index (χ0n) is 42.0. The first-order valence-corrected chi connectivity index (χ1v) is 25.5. The maximum absolute atomic E-state index is 11.4. The van der Waals surface area contributed by atoms with Gasteiger partial charge in [0.2, 0.25) is 0 Å². The molecule has 2 heterocycles. The molecule has 11 heteroatoms. The zero-order valence-corrected chi connectivity index (χ0v) is 42.0. The monoisotopic (exact) mass is 939 g/mol. The van der Waals surface area contributed by atoms with E-state index in [1.54, 1.807) is 6.92 Å². The number of rotatable bonds is 18. The number of hydrogen-bond donors (Lipinski definition) is 4. The highest BCUT2D eigenvalue weighted by Gasteiger charge is 2.46. The third kappa shape index (κ3) is 10.5. The van der Waals surface area contributed by atoms with Crippen molar-refractivity contribution in [2.75, 3.05) is 34.5 Å². The molecule has 0 atom stereocenters. The Bertz CT molecular complexity index is 2880. The molecule has 1 saturated carbocycles. The molecule has 4 N–H and O–H groups in total. The van der Waals surface area contributed by atoms with Crippen molar-refractivity contribution < 1.29 is 14.3 Å². The molecule has 1 aliphatic carbocycles. The summed E-state index contributed by atoms with van der Waals surface area (Å²) < 4.78 is 11.2. The van der Waals surface area contributed by atoms with Crippen LogP contribution in [0.3, 0.4) is 0 Å². The van der Waals surface area contributed by atoms with Crippen molar-refractivity contribution in [3.63, 3.8) is 0 Å². The SMILES string of the molecule is C=C(C)C(=O)OCCCCCCCCCCOc1ccc(N=Nc2ccc3c4c(cccc24)NC2(CCC4(CC2)Nc2cccc5c(N=Nc6ccc(C(C)(C)C(C)(C)C)cc6)ccc(c25)N4)N3)cc1. The van der Waals surface area contributed by atoms with Crippen LogP contribution in [0.5, 0.6) is 5.75 Å². The summed E-state index contributed by atoms with van der Waals surface area (Å²) in [6, 6.07) is 37.7. The second-order valence-electron chi connectivity index (χ2n) is 21.3. The van der Waals surface area contributed by atoms with E-state index in [0.29, 0.717) is 18.8 Å². The lowest BCUT2D eigenvalue weighted by Gasteiger charge is -2.52. The molecule has 1 fully saturated rings. The summed E-state index contributed by atoms with van der Waals surface area (Å²) in [5.74, 6) is 0.550. The van der Waals surface area contributed by atoms with Crippen LogP contribution in [-0.4, -0.2) is 30.5 Å². The second-order valence-corrected chi connectivity index (χ2v) is 21.3. The van der Waals surface area contributed by atoms with E-state index in [-0.39, 0.29) is 28.1 Å². The van der Waals surface area contributed by atoms with E-state index in [1.165, 1.54) is 31.2 Å². The van der Waals surface area contributed by atoms with Crippen LogP contribution in [0, 0.1) is 5.41 Å². The van der Waals surface area contributed by atoms with Crippen molar-refractivity contribution in [3.05, 3.63) is 127 Å². The first-order valence-electron chi connectivity index (χ1n) is 25.5. The highest BCUT2D eigenvalue weighted by Crippen LogP contribution is 2.51. The number of carbonyl (C=O) groups is 1.